The van der Waals surface area contributed by atoms with E-state index in [0.29, 0.717) is 19.0 Å². The van der Waals surface area contributed by atoms with E-state index >= 15 is 0 Å². The van der Waals surface area contributed by atoms with Crippen LogP contribution in [0.4, 0.5) is 10.1 Å². The second-order valence-electron chi connectivity index (χ2n) is 6.85. The third kappa shape index (κ3) is 4.14. The van der Waals surface area contributed by atoms with Crippen LogP contribution in [0.5, 0.6) is 0 Å². The molecule has 7 nitrogen and oxygen atoms in total. The first kappa shape index (κ1) is 19.4. The molecule has 3 rings (SSSR count). The maximum Gasteiger partial charge on any atom is 0.270 e. The van der Waals surface area contributed by atoms with Gasteiger partial charge in [0, 0.05) is 25.3 Å². The van der Waals surface area contributed by atoms with Gasteiger partial charge in [0.1, 0.15) is 16.4 Å². The average molecular weight is 394 g/mol. The van der Waals surface area contributed by atoms with Gasteiger partial charge in [-0.15, -0.1) is 0 Å². The first-order chi connectivity index (χ1) is 12.8. The molecule has 146 valence electrons. The van der Waals surface area contributed by atoms with Gasteiger partial charge >= 0.3 is 0 Å². The number of aromatic amines is 1. The topological polar surface area (TPSA) is 108 Å². The molecule has 0 bridgehead atoms. The zero-order valence-corrected chi connectivity index (χ0v) is 15.8. The van der Waals surface area contributed by atoms with E-state index in [4.69, 9.17) is 5.73 Å². The van der Waals surface area contributed by atoms with Crippen LogP contribution in [0.15, 0.2) is 41.4 Å². The quantitative estimate of drug-likeness (QED) is 0.722. The van der Waals surface area contributed by atoms with E-state index in [0.717, 1.165) is 18.9 Å². The van der Waals surface area contributed by atoms with Crippen LogP contribution in [-0.2, 0) is 10.0 Å². The Kier molecular flexibility index (Phi) is 5.52. The summed E-state index contributed by atoms with van der Waals surface area (Å²) in [5, 5.41) is 0. The second kappa shape index (κ2) is 7.69. The van der Waals surface area contributed by atoms with Gasteiger partial charge in [-0.05, 0) is 37.0 Å². The molecule has 2 heterocycles. The zero-order chi connectivity index (χ0) is 19.6. The number of nitrogens with one attached hydrogen (secondary N) is 2. The summed E-state index contributed by atoms with van der Waals surface area (Å²) in [4.78, 5) is 17.1. The summed E-state index contributed by atoms with van der Waals surface area (Å²) in [6.45, 7) is 3.06. The molecule has 27 heavy (non-hydrogen) atoms. The van der Waals surface area contributed by atoms with Crippen molar-refractivity contribution in [3.63, 3.8) is 0 Å². The Balaban J connectivity index is 1.79. The van der Waals surface area contributed by atoms with Gasteiger partial charge in [-0.3, -0.25) is 9.52 Å². The van der Waals surface area contributed by atoms with Crippen LogP contribution in [0.2, 0.25) is 0 Å². The van der Waals surface area contributed by atoms with Gasteiger partial charge in [0.15, 0.2) is 0 Å². The highest BCUT2D eigenvalue weighted by Crippen LogP contribution is 2.25. The highest BCUT2D eigenvalue weighted by atomic mass is 32.2. The molecule has 4 N–H and O–H groups in total. The number of carbonyl (C=O) groups is 1. The smallest absolute Gasteiger partial charge is 0.270 e. The molecule has 2 unspecified atom stereocenters. The molecule has 1 fully saturated rings. The molecule has 2 atom stereocenters. The van der Waals surface area contributed by atoms with E-state index in [1.165, 1.54) is 30.5 Å². The molecule has 1 amide bonds. The first-order valence-electron chi connectivity index (χ1n) is 8.78. The summed E-state index contributed by atoms with van der Waals surface area (Å²) >= 11 is 0. The molecular weight excluding hydrogens is 371 g/mol. The summed E-state index contributed by atoms with van der Waals surface area (Å²) in [6, 6.07) is 6.67. The van der Waals surface area contributed by atoms with E-state index in [-0.39, 0.29) is 28.2 Å². The Hall–Kier alpha value is -2.39. The third-order valence-corrected chi connectivity index (χ3v) is 6.17. The summed E-state index contributed by atoms with van der Waals surface area (Å²) in [5.41, 5.74) is 5.81. The number of hydrogen-bond acceptors (Lipinski definition) is 4. The number of benzene rings is 1. The minimum Gasteiger partial charge on any atom is -0.356 e. The van der Waals surface area contributed by atoms with Crippen LogP contribution in [0.1, 0.15) is 30.3 Å². The molecular formula is C18H23FN4O3S. The van der Waals surface area contributed by atoms with Crippen LogP contribution in [0.3, 0.4) is 0 Å². The van der Waals surface area contributed by atoms with Gasteiger partial charge in [0.25, 0.3) is 15.9 Å². The van der Waals surface area contributed by atoms with Crippen molar-refractivity contribution in [3.8, 4) is 0 Å². The lowest BCUT2D eigenvalue weighted by Gasteiger charge is -2.37. The number of sulfonamides is 1. The van der Waals surface area contributed by atoms with Crippen molar-refractivity contribution in [1.82, 2.24) is 9.88 Å². The number of nitrogens with zero attached hydrogens (tertiary/aromatic N) is 1. The van der Waals surface area contributed by atoms with Crippen LogP contribution in [0.25, 0.3) is 0 Å². The molecule has 0 saturated carbocycles. The number of likely N-dealkylation sites (tertiary alicyclic amines) is 1. The van der Waals surface area contributed by atoms with Crippen molar-refractivity contribution in [2.45, 2.75) is 30.7 Å². The van der Waals surface area contributed by atoms with Crippen molar-refractivity contribution in [3.05, 3.63) is 48.0 Å². The molecule has 2 aromatic rings. The largest absolute Gasteiger partial charge is 0.356 e. The van der Waals surface area contributed by atoms with Crippen molar-refractivity contribution in [2.75, 3.05) is 17.8 Å². The Bertz CT molecular complexity index is 928. The Morgan fingerprint density at radius 2 is 2.15 bits per heavy atom. The molecule has 0 radical (unpaired) electrons. The van der Waals surface area contributed by atoms with Crippen molar-refractivity contribution >= 4 is 21.6 Å². The summed E-state index contributed by atoms with van der Waals surface area (Å²) in [6.07, 6.45) is 2.92. The van der Waals surface area contributed by atoms with Crippen molar-refractivity contribution < 1.29 is 17.6 Å². The average Bonchev–Trinajstić information content (AvgIpc) is 3.14. The lowest BCUT2D eigenvalue weighted by molar-refractivity contribution is 0.0568. The van der Waals surface area contributed by atoms with E-state index in [1.807, 2.05) is 0 Å². The molecule has 1 aromatic carbocycles. The van der Waals surface area contributed by atoms with Gasteiger partial charge < -0.3 is 15.6 Å². The molecule has 0 spiro atoms. The molecule has 1 aromatic heterocycles. The normalized spacial score (nSPS) is 20.5. The van der Waals surface area contributed by atoms with Gasteiger partial charge in [-0.2, -0.15) is 0 Å². The van der Waals surface area contributed by atoms with Crippen LogP contribution >= 0.6 is 0 Å². The number of anilines is 1. The summed E-state index contributed by atoms with van der Waals surface area (Å²) in [5.74, 6) is -0.474. The second-order valence-corrected chi connectivity index (χ2v) is 8.53. The monoisotopic (exact) mass is 394 g/mol. The lowest BCUT2D eigenvalue weighted by Crippen LogP contribution is -2.49. The van der Waals surface area contributed by atoms with Crippen LogP contribution in [0, 0.1) is 11.7 Å². The summed E-state index contributed by atoms with van der Waals surface area (Å²) in [7, 11) is -4.02. The predicted molar refractivity (Wildman–Crippen MR) is 100 cm³/mol. The Labute approximate surface area is 157 Å². The van der Waals surface area contributed by atoms with Gasteiger partial charge in [-0.25, -0.2) is 12.8 Å². The number of nitrogens with two attached hydrogens (primary N) is 1. The maximum atomic E-state index is 13.7. The fourth-order valence-electron chi connectivity index (χ4n) is 3.30. The minimum atomic E-state index is -4.02. The van der Waals surface area contributed by atoms with E-state index in [1.54, 1.807) is 4.90 Å². The van der Waals surface area contributed by atoms with Gasteiger partial charge in [-0.1, -0.05) is 19.1 Å². The maximum absolute atomic E-state index is 13.7. The predicted octanol–water partition coefficient (Wildman–Crippen LogP) is 2.15. The van der Waals surface area contributed by atoms with Gasteiger partial charge in [0.05, 0.1) is 5.69 Å². The number of H-pyrrole nitrogens is 1. The molecule has 1 aliphatic rings. The molecule has 9 heteroatoms. The van der Waals surface area contributed by atoms with Crippen molar-refractivity contribution in [1.29, 1.82) is 0 Å². The number of carbonyl (C=O) groups excluding carboxylic acids is 1. The highest BCUT2D eigenvalue weighted by molar-refractivity contribution is 7.92. The molecule has 1 aliphatic heterocycles. The number of rotatable bonds is 5. The third-order valence-electron chi connectivity index (χ3n) is 4.83. The lowest BCUT2D eigenvalue weighted by atomic mass is 9.92. The van der Waals surface area contributed by atoms with E-state index < -0.39 is 15.8 Å². The van der Waals surface area contributed by atoms with Crippen LogP contribution in [-0.4, -0.2) is 43.3 Å². The first-order valence-corrected chi connectivity index (χ1v) is 10.3. The highest BCUT2D eigenvalue weighted by Gasteiger charge is 2.31. The zero-order valence-electron chi connectivity index (χ0n) is 15.0. The molecule has 1 saturated heterocycles. The number of piperidine rings is 1. The van der Waals surface area contributed by atoms with Crippen LogP contribution < -0.4 is 10.5 Å². The standard InChI is InChI=1S/C18H23FN4O3S/c1-12-6-7-23(13(8-12)10-20)18(24)17-9-14(11-21-17)27(25,26)22-16-5-3-2-4-15(16)19/h2-5,9,11-13,21-22H,6-8,10,20H2,1H3. The fraction of sp³-hybridized carbons (Fsp3) is 0.389. The van der Waals surface area contributed by atoms with Gasteiger partial charge in [0.2, 0.25) is 0 Å². The Morgan fingerprint density at radius 3 is 2.85 bits per heavy atom. The number of hydrogen-bond donors (Lipinski definition) is 3. The number of halogens is 1. The summed E-state index contributed by atoms with van der Waals surface area (Å²) < 4.78 is 40.9. The number of aromatic nitrogens is 1. The number of amides is 1. The number of para-hydroxylation sites is 1. The van der Waals surface area contributed by atoms with Crippen molar-refractivity contribution in [2.24, 2.45) is 11.7 Å². The SMILES string of the molecule is CC1CCN(C(=O)c2cc(S(=O)(=O)Nc3ccccc3F)c[nH]2)C(CN)C1. The minimum absolute atomic E-state index is 0.0684. The fourth-order valence-corrected chi connectivity index (χ4v) is 4.36. The van der Waals surface area contributed by atoms with E-state index in [9.17, 15) is 17.6 Å². The van der Waals surface area contributed by atoms with E-state index in [2.05, 4.69) is 16.6 Å². The molecule has 0 aliphatic carbocycles. The Morgan fingerprint density at radius 1 is 1.41 bits per heavy atom.